The molecular weight excluding hydrogens is 920 g/mol. The van der Waals surface area contributed by atoms with Crippen LogP contribution in [0.15, 0.2) is 27.5 Å². The Balaban J connectivity index is 0.000000154. The maximum Gasteiger partial charge on any atom is 0.269 e. The molecule has 5 aromatic heterocycles. The van der Waals surface area contributed by atoms with E-state index in [0.29, 0.717) is 22.9 Å². The van der Waals surface area contributed by atoms with E-state index in [1.54, 1.807) is 25.4 Å². The average Bonchev–Trinajstić information content (AvgIpc) is 3.34. The number of ether oxygens (including phenoxy) is 1. The number of aryl methyl sites for hydroxylation is 2. The Hall–Kier alpha value is -0.140. The molecule has 0 aliphatic heterocycles. The van der Waals surface area contributed by atoms with Gasteiger partial charge in [0.2, 0.25) is 5.88 Å². The van der Waals surface area contributed by atoms with Crippen LogP contribution in [0.3, 0.4) is 0 Å². The van der Waals surface area contributed by atoms with Crippen molar-refractivity contribution >= 4 is 163 Å². The summed E-state index contributed by atoms with van der Waals surface area (Å²) in [6, 6.07) is 0. The van der Waals surface area contributed by atoms with Crippen molar-refractivity contribution in [2.45, 2.75) is 13.8 Å². The zero-order chi connectivity index (χ0) is 26.9. The molecule has 8 nitrogen and oxygen atoms in total. The van der Waals surface area contributed by atoms with Crippen molar-refractivity contribution in [1.29, 1.82) is 0 Å². The van der Waals surface area contributed by atoms with Crippen molar-refractivity contribution in [3.63, 3.8) is 0 Å². The Morgan fingerprint density at radius 1 is 0.694 bits per heavy atom. The van der Waals surface area contributed by atoms with Gasteiger partial charge in [0.1, 0.15) is 27.9 Å². The molecule has 0 aliphatic carbocycles. The Kier molecular flexibility index (Phi) is 10.8. The topological polar surface area (TPSA) is 133 Å². The van der Waals surface area contributed by atoms with E-state index < -0.39 is 0 Å². The third-order valence-electron chi connectivity index (χ3n) is 4.31. The van der Waals surface area contributed by atoms with Crippen molar-refractivity contribution in [3.8, 4) is 5.88 Å². The summed E-state index contributed by atoms with van der Waals surface area (Å²) in [6.07, 6.45) is 0. The molecule has 192 valence electrons. The lowest BCUT2D eigenvalue weighted by Gasteiger charge is -2.02. The van der Waals surface area contributed by atoms with E-state index in [4.69, 9.17) is 16.2 Å². The van der Waals surface area contributed by atoms with Gasteiger partial charge >= 0.3 is 0 Å². The van der Waals surface area contributed by atoms with Crippen LogP contribution in [-0.4, -0.2) is 27.0 Å². The van der Waals surface area contributed by atoms with Gasteiger partial charge in [0.05, 0.1) is 46.7 Å². The number of thiophene rings is 3. The van der Waals surface area contributed by atoms with Gasteiger partial charge in [0.15, 0.2) is 0 Å². The summed E-state index contributed by atoms with van der Waals surface area (Å²) in [5.41, 5.74) is 16.7. The lowest BCUT2D eigenvalue weighted by Crippen LogP contribution is -2.10. The van der Waals surface area contributed by atoms with Gasteiger partial charge in [-0.25, -0.2) is 15.0 Å². The highest BCUT2D eigenvalue weighted by Crippen LogP contribution is 2.41. The highest BCUT2D eigenvalue weighted by Gasteiger charge is 2.14. The molecule has 5 rings (SSSR count). The van der Waals surface area contributed by atoms with Gasteiger partial charge in [0.25, 0.3) is 5.56 Å². The van der Waals surface area contributed by atoms with Gasteiger partial charge in [-0.3, -0.25) is 4.79 Å². The second kappa shape index (κ2) is 12.8. The van der Waals surface area contributed by atoms with E-state index in [1.165, 1.54) is 22.7 Å². The zero-order valence-electron chi connectivity index (χ0n) is 18.3. The number of rotatable bonds is 1. The molecule has 0 unspecified atom stereocenters. The van der Waals surface area contributed by atoms with Gasteiger partial charge < -0.3 is 21.2 Å². The smallest absolute Gasteiger partial charge is 0.269 e. The molecule has 5 N–H and O–H groups in total. The molecule has 0 spiro atoms. The third-order valence-corrected chi connectivity index (χ3v) is 11.9. The normalized spacial score (nSPS) is 10.7. The molecule has 5 heterocycles. The molecule has 0 atom stereocenters. The van der Waals surface area contributed by atoms with Crippen molar-refractivity contribution in [2.24, 2.45) is 0 Å². The molecule has 0 aliphatic rings. The van der Waals surface area contributed by atoms with E-state index in [1.807, 2.05) is 6.92 Å². The number of fused-ring (bicyclic) bond motifs is 2. The third kappa shape index (κ3) is 6.70. The van der Waals surface area contributed by atoms with E-state index in [9.17, 15) is 4.79 Å². The minimum absolute atomic E-state index is 0.140. The largest absolute Gasteiger partial charge is 0.480 e. The van der Waals surface area contributed by atoms with Crippen LogP contribution in [-0.2, 0) is 0 Å². The first kappa shape index (κ1) is 30.4. The summed E-state index contributed by atoms with van der Waals surface area (Å²) in [7, 11) is 1.60. The molecule has 0 bridgehead atoms. The predicted octanol–water partition coefficient (Wildman–Crippen LogP) is 8.79. The zero-order valence-corrected chi connectivity index (χ0v) is 30.3. The number of hydrogen-bond acceptors (Lipinski definition) is 10. The second-order valence-electron chi connectivity index (χ2n) is 6.67. The molecule has 0 fully saturated rings. The first-order chi connectivity index (χ1) is 16.8. The average molecular weight is 934 g/mol. The maximum absolute atomic E-state index is 11.2. The number of hydrogen-bond donors (Lipinski definition) is 3. The number of nitrogens with zero attached hydrogens (tertiary/aromatic N) is 3. The monoisotopic (exact) mass is 928 g/mol. The van der Waals surface area contributed by atoms with Crippen LogP contribution < -0.4 is 21.8 Å². The van der Waals surface area contributed by atoms with Crippen molar-refractivity contribution in [1.82, 2.24) is 19.9 Å². The fraction of sp³-hybridized carbons (Fsp3) is 0.158. The van der Waals surface area contributed by atoms with Crippen LogP contribution in [0.25, 0.3) is 22.1 Å². The summed E-state index contributed by atoms with van der Waals surface area (Å²) in [5, 5.41) is 0. The summed E-state index contributed by atoms with van der Waals surface area (Å²) in [6.45, 7) is 3.57. The van der Waals surface area contributed by atoms with Gasteiger partial charge in [0, 0.05) is 0 Å². The summed E-state index contributed by atoms with van der Waals surface area (Å²) in [4.78, 5) is 27.0. The number of H-pyrrole nitrogens is 1. The molecule has 0 amide bonds. The Morgan fingerprint density at radius 2 is 1.14 bits per heavy atom. The van der Waals surface area contributed by atoms with E-state index in [2.05, 4.69) is 116 Å². The number of aromatic nitrogens is 4. The van der Waals surface area contributed by atoms with Crippen LogP contribution in [0, 0.1) is 13.8 Å². The number of aromatic amines is 1. The Bertz CT molecular complexity index is 1610. The van der Waals surface area contributed by atoms with Crippen LogP contribution >= 0.6 is 130 Å². The summed E-state index contributed by atoms with van der Waals surface area (Å²) >= 11 is 24.7. The SMILES string of the molecule is COc1nc2c(Br)sc(Br)c2nc1C.Cc1nc2c(Br)sc(Br)c2[nH]c1=O.Nc1c(Br)sc(Br)c1N. The number of methoxy groups -OCH3 is 1. The van der Waals surface area contributed by atoms with Gasteiger partial charge in [-0.15, -0.1) is 34.0 Å². The Morgan fingerprint density at radius 3 is 1.64 bits per heavy atom. The van der Waals surface area contributed by atoms with Crippen molar-refractivity contribution in [2.75, 3.05) is 18.6 Å². The van der Waals surface area contributed by atoms with Gasteiger partial charge in [-0.2, -0.15) is 0 Å². The highest BCUT2D eigenvalue weighted by atomic mass is 79.9. The number of nitrogens with one attached hydrogen (secondary N) is 1. The molecule has 0 saturated carbocycles. The molecular formula is C19H14Br6N6O2S3. The van der Waals surface area contributed by atoms with Crippen LogP contribution in [0.5, 0.6) is 5.88 Å². The number of nitrogens with two attached hydrogens (primary N) is 2. The predicted molar refractivity (Wildman–Crippen MR) is 173 cm³/mol. The van der Waals surface area contributed by atoms with E-state index in [-0.39, 0.29) is 5.56 Å². The fourth-order valence-electron chi connectivity index (χ4n) is 2.55. The minimum atomic E-state index is -0.140. The van der Waals surface area contributed by atoms with Crippen LogP contribution in [0.1, 0.15) is 11.4 Å². The summed E-state index contributed by atoms with van der Waals surface area (Å²) < 4.78 is 10.6. The maximum atomic E-state index is 11.2. The number of anilines is 2. The first-order valence-corrected chi connectivity index (χ1v) is 16.6. The number of nitrogen functional groups attached to an aromatic ring is 2. The van der Waals surface area contributed by atoms with E-state index in [0.717, 1.165) is 50.5 Å². The number of halogens is 6. The molecule has 0 saturated heterocycles. The van der Waals surface area contributed by atoms with Crippen molar-refractivity contribution in [3.05, 3.63) is 44.5 Å². The highest BCUT2D eigenvalue weighted by molar-refractivity contribution is 9.13. The van der Waals surface area contributed by atoms with Gasteiger partial charge in [-0.05, 0) is 109 Å². The quantitative estimate of drug-likeness (QED) is 0.153. The molecule has 5 aromatic rings. The summed E-state index contributed by atoms with van der Waals surface area (Å²) in [5.74, 6) is 0.573. The van der Waals surface area contributed by atoms with Crippen molar-refractivity contribution < 1.29 is 4.74 Å². The molecule has 0 radical (unpaired) electrons. The fourth-order valence-corrected chi connectivity index (χ4v) is 10.9. The lowest BCUT2D eigenvalue weighted by molar-refractivity contribution is 0.394. The first-order valence-electron chi connectivity index (χ1n) is 9.34. The standard InChI is InChI=1S/C8H6Br2N2OS.C7H4Br2N2OS.C4H4Br2N2S/c1-3-8(13-2)12-5-4(11-3)6(9)14-7(5)10;1-2-7(12)11-4-3(10-2)5(8)13-6(4)9;5-3-1(7)2(8)4(6)9-3/h1-2H3;1H3,(H,11,12);7-8H2. The molecule has 36 heavy (non-hydrogen) atoms. The second-order valence-corrected chi connectivity index (χ2v) is 17.6. The molecule has 0 aromatic carbocycles. The van der Waals surface area contributed by atoms with Crippen LogP contribution in [0.2, 0.25) is 0 Å². The Labute approximate surface area is 267 Å². The van der Waals surface area contributed by atoms with E-state index >= 15 is 0 Å². The van der Waals surface area contributed by atoms with Crippen LogP contribution in [0.4, 0.5) is 11.4 Å². The van der Waals surface area contributed by atoms with Gasteiger partial charge in [-0.1, -0.05) is 0 Å². The molecule has 17 heteroatoms. The lowest BCUT2D eigenvalue weighted by atomic mass is 10.4. The minimum Gasteiger partial charge on any atom is -0.480 e.